The van der Waals surface area contributed by atoms with Crippen molar-refractivity contribution < 1.29 is 58.2 Å². The predicted octanol–water partition coefficient (Wildman–Crippen LogP) is 0.248. The van der Waals surface area contributed by atoms with Crippen LogP contribution in [0.5, 0.6) is 5.75 Å². The molecular weight excluding hydrogens is 1180 g/mol. The number of aromatic hydroxyl groups is 1. The van der Waals surface area contributed by atoms with Crippen molar-refractivity contribution in [3.05, 3.63) is 67.6 Å². The fraction of sp³-hybridized carbons (Fsp3) is 0.560. The largest absolute Gasteiger partial charge is 0.508 e. The molecule has 79 heavy (non-hydrogen) atoms. The molecule has 1 saturated carbocycles. The number of halogens is 1. The summed E-state index contributed by atoms with van der Waals surface area (Å²) in [7, 11) is 2.42. The first-order valence-electron chi connectivity index (χ1n) is 25.7. The molecule has 0 unspecified atom stereocenters. The molecule has 9 atom stereocenters. The summed E-state index contributed by atoms with van der Waals surface area (Å²) in [5, 5.41) is 44.9. The molecule has 1 aliphatic carbocycles. The smallest absolute Gasteiger partial charge is 0.245 e. The number of nitrogens with one attached hydrogen (secondary N) is 8. The zero-order valence-corrected chi connectivity index (χ0v) is 47.9. The van der Waals surface area contributed by atoms with Gasteiger partial charge in [0.2, 0.25) is 59.1 Å². The van der Waals surface area contributed by atoms with Crippen molar-refractivity contribution in [2.45, 2.75) is 151 Å². The number of primary amides is 2. The Kier molecular flexibility index (Phi) is 26.4. The number of phenolic OH excluding ortho intramolecular Hbond substituents is 1. The number of nitrogens with zero attached hydrogens (tertiary/aromatic N) is 3. The van der Waals surface area contributed by atoms with Gasteiger partial charge in [0.15, 0.2) is 0 Å². The first kappa shape index (κ1) is 65.1. The first-order valence-corrected chi connectivity index (χ1v) is 29.1. The minimum absolute atomic E-state index is 0.00978. The van der Waals surface area contributed by atoms with Crippen molar-refractivity contribution in [3.8, 4) is 5.75 Å². The lowest BCUT2D eigenvalue weighted by Crippen LogP contribution is -2.62. The molecular formula is C50H71IN14O12S2. The van der Waals surface area contributed by atoms with Crippen molar-refractivity contribution in [3.63, 3.8) is 0 Å². The molecule has 26 nitrogen and oxygen atoms in total. The standard InChI is InChI=1S/C50H71IN14O12S2/c1-4-26(2)41-48(76)63-42(27(3)66)49(77)60-36(22-38(53)68)46(74)61-37(25-78-79-50(16-6-5-7-17-50)23-39(69)58-35(47(75)62-41)20-28-10-13-30(67)14-11-28)44(72)56-24-40(70)57-33(9-8-18-52)45(73)59-34(43(54)71)21-29-12-15-32(64-65-55)31(51)19-29/h10-15,19,26-27,33-37,41-42,66-67H,4-9,16-18,20-25,52H2,1-3H3,(H2,53,68)(H2,54,71)(H,56,72)(H,57,70)(H,58,69)(H,59,73)(H,60,77)(H,61,74)(H,62,75)(H,63,76)/t26-,27+,33-,34-,35-,36-,37-,41-,42-/m0/s1. The number of hydrogen-bond acceptors (Lipinski definition) is 16. The average Bonchev–Trinajstić information content (AvgIpc) is 3.39. The first-order chi connectivity index (χ1) is 37.5. The van der Waals surface area contributed by atoms with Gasteiger partial charge in [0.25, 0.3) is 0 Å². The van der Waals surface area contributed by atoms with Gasteiger partial charge in [-0.3, -0.25) is 47.9 Å². The lowest BCUT2D eigenvalue weighted by Gasteiger charge is -2.36. The Morgan fingerprint density at radius 3 is 2.11 bits per heavy atom. The maximum Gasteiger partial charge on any atom is 0.245 e. The molecule has 1 saturated heterocycles. The number of nitrogens with two attached hydrogens (primary N) is 3. The maximum atomic E-state index is 14.3. The highest BCUT2D eigenvalue weighted by molar-refractivity contribution is 14.1. The summed E-state index contributed by atoms with van der Waals surface area (Å²) in [6.07, 6.45) is 1.44. The number of rotatable bonds is 20. The van der Waals surface area contributed by atoms with Crippen molar-refractivity contribution in [2.24, 2.45) is 28.2 Å². The third-order valence-electron chi connectivity index (χ3n) is 13.3. The second-order valence-electron chi connectivity index (χ2n) is 19.6. The second-order valence-corrected chi connectivity index (χ2v) is 23.6. The SMILES string of the molecule is CC[C@H](C)[C@@H]1NC(=O)[C@H](Cc2ccc(O)cc2)NC(=O)CC2(CCCCC2)SSC[C@@H](C(=O)NCC(=O)N[C@@H](CCCN)C(=O)N[C@@H](Cc2ccc(N=[N+]=[N-])c(I)c2)C(N)=O)NC(=O)[C@H](CC(N)=O)NC(=O)[C@H]([C@@H](C)O)NC1=O. The molecule has 2 fully saturated rings. The molecule has 4 rings (SSSR count). The van der Waals surface area contributed by atoms with E-state index >= 15 is 0 Å². The Hall–Kier alpha value is -6.40. The zero-order chi connectivity index (χ0) is 58.4. The summed E-state index contributed by atoms with van der Waals surface area (Å²) in [4.78, 5) is 140. The summed E-state index contributed by atoms with van der Waals surface area (Å²) in [6.45, 7) is 3.99. The van der Waals surface area contributed by atoms with E-state index in [0.29, 0.717) is 39.6 Å². The molecule has 0 bridgehead atoms. The number of carbonyl (C=O) groups is 10. The van der Waals surface area contributed by atoms with Crippen LogP contribution < -0.4 is 59.7 Å². The molecule has 432 valence electrons. The van der Waals surface area contributed by atoms with Crippen LogP contribution in [-0.4, -0.2) is 141 Å². The molecule has 16 N–H and O–H groups in total. The van der Waals surface area contributed by atoms with Crippen LogP contribution in [0.2, 0.25) is 0 Å². The fourth-order valence-corrected chi connectivity index (χ4v) is 12.8. The second kappa shape index (κ2) is 32.0. The van der Waals surface area contributed by atoms with Gasteiger partial charge in [0, 0.05) is 38.2 Å². The quantitative estimate of drug-likeness (QED) is 0.0278. The minimum atomic E-state index is -1.78. The lowest BCUT2D eigenvalue weighted by molar-refractivity contribution is -0.138. The van der Waals surface area contributed by atoms with Gasteiger partial charge in [0.05, 0.1) is 24.8 Å². The van der Waals surface area contributed by atoms with Crippen molar-refractivity contribution in [2.75, 3.05) is 18.8 Å². The van der Waals surface area contributed by atoms with Gasteiger partial charge in [0.1, 0.15) is 48.0 Å². The molecule has 2 aromatic carbocycles. The number of azide groups is 1. The number of amides is 10. The van der Waals surface area contributed by atoms with Gasteiger partial charge >= 0.3 is 0 Å². The minimum Gasteiger partial charge on any atom is -0.508 e. The van der Waals surface area contributed by atoms with Crippen LogP contribution in [0.15, 0.2) is 47.6 Å². The monoisotopic (exact) mass is 1250 g/mol. The number of aliphatic hydroxyl groups is 1. The topological polar surface area (TPSA) is 434 Å². The number of benzene rings is 2. The molecule has 10 amide bonds. The van der Waals surface area contributed by atoms with Crippen LogP contribution in [0.3, 0.4) is 0 Å². The van der Waals surface area contributed by atoms with Gasteiger partial charge in [-0.25, -0.2) is 0 Å². The number of aliphatic hydroxyl groups excluding tert-OH is 1. The summed E-state index contributed by atoms with van der Waals surface area (Å²) < 4.78 is -0.176. The number of phenols is 1. The van der Waals surface area contributed by atoms with E-state index in [0.717, 1.165) is 30.1 Å². The van der Waals surface area contributed by atoms with E-state index in [1.807, 2.05) is 22.6 Å². The molecule has 2 aliphatic rings. The highest BCUT2D eigenvalue weighted by Gasteiger charge is 2.40. The Labute approximate surface area is 478 Å². The molecule has 1 spiro atoms. The van der Waals surface area contributed by atoms with Crippen LogP contribution >= 0.6 is 44.2 Å². The maximum absolute atomic E-state index is 14.3. The molecule has 0 radical (unpaired) electrons. The van der Waals surface area contributed by atoms with Crippen molar-refractivity contribution >= 4 is 109 Å². The van der Waals surface area contributed by atoms with Crippen LogP contribution in [0.4, 0.5) is 5.69 Å². The molecule has 1 aliphatic heterocycles. The summed E-state index contributed by atoms with van der Waals surface area (Å²) in [6, 6.07) is 0.652. The Bertz CT molecular complexity index is 2570. The van der Waals surface area contributed by atoms with Crippen molar-refractivity contribution in [1.29, 1.82) is 0 Å². The Morgan fingerprint density at radius 2 is 1.51 bits per heavy atom. The highest BCUT2D eigenvalue weighted by atomic mass is 127. The van der Waals surface area contributed by atoms with E-state index in [1.165, 1.54) is 35.9 Å². The average molecular weight is 1250 g/mol. The fourth-order valence-electron chi connectivity index (χ4n) is 8.72. The van der Waals surface area contributed by atoms with E-state index in [9.17, 15) is 58.2 Å². The number of hydrogen-bond donors (Lipinski definition) is 13. The Morgan fingerprint density at radius 1 is 0.861 bits per heavy atom. The predicted molar refractivity (Wildman–Crippen MR) is 303 cm³/mol. The van der Waals surface area contributed by atoms with E-state index < -0.39 is 131 Å². The summed E-state index contributed by atoms with van der Waals surface area (Å²) in [5.41, 5.74) is 27.3. The lowest BCUT2D eigenvalue weighted by atomic mass is 9.85. The van der Waals surface area contributed by atoms with E-state index in [4.69, 9.17) is 22.7 Å². The summed E-state index contributed by atoms with van der Waals surface area (Å²) in [5.74, 6) is -9.70. The zero-order valence-electron chi connectivity index (χ0n) is 44.1. The highest BCUT2D eigenvalue weighted by Crippen LogP contribution is 2.48. The molecule has 1 heterocycles. The van der Waals surface area contributed by atoms with Crippen LogP contribution in [0.1, 0.15) is 96.1 Å². The Balaban J connectivity index is 1.65. The van der Waals surface area contributed by atoms with Gasteiger partial charge in [-0.1, -0.05) is 90.5 Å². The van der Waals surface area contributed by atoms with Crippen molar-refractivity contribution in [1.82, 2.24) is 42.5 Å². The van der Waals surface area contributed by atoms with Gasteiger partial charge in [-0.2, -0.15) is 0 Å². The van der Waals surface area contributed by atoms with E-state index in [-0.39, 0.29) is 50.2 Å². The normalized spacial score (nSPS) is 22.1. The third kappa shape index (κ3) is 21.0. The van der Waals surface area contributed by atoms with Gasteiger partial charge in [-0.15, -0.1) is 0 Å². The van der Waals surface area contributed by atoms with Crippen LogP contribution in [0, 0.1) is 9.49 Å². The van der Waals surface area contributed by atoms with Crippen LogP contribution in [0.25, 0.3) is 10.4 Å². The molecule has 0 aromatic heterocycles. The van der Waals surface area contributed by atoms with Crippen LogP contribution in [-0.2, 0) is 60.8 Å². The van der Waals surface area contributed by atoms with Gasteiger partial charge < -0.3 is 69.9 Å². The number of carbonyl (C=O) groups excluding carboxylic acids is 10. The van der Waals surface area contributed by atoms with E-state index in [1.54, 1.807) is 38.1 Å². The molecule has 29 heteroatoms. The van der Waals surface area contributed by atoms with E-state index in [2.05, 4.69) is 52.6 Å². The molecule has 2 aromatic rings. The van der Waals surface area contributed by atoms with Gasteiger partial charge in [-0.05, 0) is 103 Å². The summed E-state index contributed by atoms with van der Waals surface area (Å²) >= 11 is 1.95. The third-order valence-corrected chi connectivity index (χ3v) is 17.5.